The van der Waals surface area contributed by atoms with Crippen molar-refractivity contribution in [2.75, 3.05) is 23.5 Å². The highest BCUT2D eigenvalue weighted by Crippen LogP contribution is 2.47. The summed E-state index contributed by atoms with van der Waals surface area (Å²) in [6, 6.07) is 0. The molecule has 0 saturated heterocycles. The zero-order chi connectivity index (χ0) is 15.5. The van der Waals surface area contributed by atoms with Gasteiger partial charge in [-0.2, -0.15) is 0 Å². The molecule has 0 aromatic rings. The molecule has 0 aliphatic heterocycles. The number of hydrazine groups is 1. The Morgan fingerprint density at radius 3 is 1.55 bits per heavy atom. The van der Waals surface area contributed by atoms with E-state index in [1.165, 1.54) is 0 Å². The van der Waals surface area contributed by atoms with Gasteiger partial charge >= 0.3 is 0 Å². The van der Waals surface area contributed by atoms with Crippen molar-refractivity contribution in [2.45, 2.75) is 57.4 Å². The van der Waals surface area contributed by atoms with Crippen LogP contribution in [0.15, 0.2) is 0 Å². The van der Waals surface area contributed by atoms with Gasteiger partial charge in [0.15, 0.2) is 0 Å². The zero-order valence-electron chi connectivity index (χ0n) is 12.4. The van der Waals surface area contributed by atoms with Crippen molar-refractivity contribution >= 4 is 46.4 Å². The van der Waals surface area contributed by atoms with E-state index in [9.17, 15) is 0 Å². The molecule has 0 aromatic heterocycles. The Balaban J connectivity index is 5.52. The number of alkyl halides is 4. The lowest BCUT2D eigenvalue weighted by Gasteiger charge is -2.51. The number of hydrogen-bond donors (Lipinski definition) is 2. The summed E-state index contributed by atoms with van der Waals surface area (Å²) < 4.78 is 0. The minimum absolute atomic E-state index is 0.0506. The van der Waals surface area contributed by atoms with Gasteiger partial charge in [-0.05, 0) is 37.5 Å². The normalized spacial score (nSPS) is 12.9. The second-order valence-electron chi connectivity index (χ2n) is 5.37. The number of halogens is 4. The third-order valence-electron chi connectivity index (χ3n) is 4.49. The molecule has 0 heterocycles. The largest absolute Gasteiger partial charge is 0.271 e. The Labute approximate surface area is 144 Å². The van der Waals surface area contributed by atoms with Crippen LogP contribution in [-0.2, 0) is 0 Å². The first-order valence-electron chi connectivity index (χ1n) is 7.33. The van der Waals surface area contributed by atoms with Crippen molar-refractivity contribution in [3.05, 3.63) is 0 Å². The van der Waals surface area contributed by atoms with Gasteiger partial charge in [-0.3, -0.25) is 11.3 Å². The molecule has 20 heavy (non-hydrogen) atoms. The van der Waals surface area contributed by atoms with E-state index in [1.54, 1.807) is 0 Å². The maximum absolute atomic E-state index is 6.09. The predicted molar refractivity (Wildman–Crippen MR) is 93.4 cm³/mol. The molecule has 0 saturated carbocycles. The molecule has 6 heteroatoms. The van der Waals surface area contributed by atoms with Crippen LogP contribution in [-0.4, -0.2) is 29.1 Å². The summed E-state index contributed by atoms with van der Waals surface area (Å²) >= 11 is 24.2. The zero-order valence-corrected chi connectivity index (χ0v) is 15.4. The average Bonchev–Trinajstić information content (AvgIpc) is 2.44. The number of rotatable bonds is 13. The second kappa shape index (κ2) is 11.6. The van der Waals surface area contributed by atoms with Crippen LogP contribution in [0.4, 0.5) is 0 Å². The van der Waals surface area contributed by atoms with Gasteiger partial charge in [-0.15, -0.1) is 46.4 Å². The lowest BCUT2D eigenvalue weighted by atomic mass is 9.61. The van der Waals surface area contributed by atoms with E-state index in [4.69, 9.17) is 52.2 Å². The summed E-state index contributed by atoms with van der Waals surface area (Å²) in [5.74, 6) is 8.21. The van der Waals surface area contributed by atoms with Crippen molar-refractivity contribution in [2.24, 2.45) is 11.3 Å². The van der Waals surface area contributed by atoms with E-state index in [0.717, 1.165) is 44.9 Å². The molecule has 0 unspecified atom stereocenters. The molecule has 3 N–H and O–H groups in total. The van der Waals surface area contributed by atoms with Gasteiger partial charge < -0.3 is 0 Å². The Hall–Kier alpha value is 1.08. The van der Waals surface area contributed by atoms with Crippen LogP contribution >= 0.6 is 46.4 Å². The maximum Gasteiger partial charge on any atom is 0.0401 e. The maximum atomic E-state index is 6.09. The van der Waals surface area contributed by atoms with Crippen LogP contribution in [0, 0.1) is 5.41 Å². The van der Waals surface area contributed by atoms with Gasteiger partial charge in [0, 0.05) is 29.1 Å². The molecule has 122 valence electrons. The lowest BCUT2D eigenvalue weighted by Crippen LogP contribution is -2.62. The Kier molecular flexibility index (Phi) is 12.2. The van der Waals surface area contributed by atoms with Crippen LogP contribution in [0.1, 0.15) is 51.9 Å². The Morgan fingerprint density at radius 2 is 1.25 bits per heavy atom. The number of nitrogens with two attached hydrogens (primary N) is 1. The van der Waals surface area contributed by atoms with Gasteiger partial charge in [0.25, 0.3) is 0 Å². The van der Waals surface area contributed by atoms with Crippen LogP contribution in [0.25, 0.3) is 0 Å². The summed E-state index contributed by atoms with van der Waals surface area (Å²) in [7, 11) is 0. The van der Waals surface area contributed by atoms with E-state index in [-0.39, 0.29) is 11.0 Å². The highest BCUT2D eigenvalue weighted by Gasteiger charge is 2.48. The van der Waals surface area contributed by atoms with E-state index < -0.39 is 0 Å². The summed E-state index contributed by atoms with van der Waals surface area (Å²) in [4.78, 5) is 0. The van der Waals surface area contributed by atoms with Gasteiger partial charge in [-0.25, -0.2) is 0 Å². The molecular formula is C14H28Cl4N2. The third-order valence-corrected chi connectivity index (χ3v) is 5.24. The van der Waals surface area contributed by atoms with E-state index in [0.29, 0.717) is 23.5 Å². The SMILES string of the molecule is CCCCC(CCCl)(CCCl)C(CCCl)(CCCl)NN. The fraction of sp³-hybridized carbons (Fsp3) is 1.00. The van der Waals surface area contributed by atoms with Gasteiger partial charge in [-0.1, -0.05) is 19.8 Å². The van der Waals surface area contributed by atoms with Crippen molar-refractivity contribution < 1.29 is 0 Å². The lowest BCUT2D eigenvalue weighted by molar-refractivity contribution is 0.0504. The highest BCUT2D eigenvalue weighted by molar-refractivity contribution is 6.19. The second-order valence-corrected chi connectivity index (χ2v) is 6.88. The van der Waals surface area contributed by atoms with Crippen molar-refractivity contribution in [3.8, 4) is 0 Å². The first-order chi connectivity index (χ1) is 9.61. The standard InChI is InChI=1S/C14H28Cl4N2/c1-2-3-4-13(5-9-15,6-10-16)14(20-19,7-11-17)8-12-18/h20H,2-12,19H2,1H3. The molecule has 0 spiro atoms. The minimum atomic E-state index is -0.296. The summed E-state index contributed by atoms with van der Waals surface area (Å²) in [6.07, 6.45) is 6.60. The van der Waals surface area contributed by atoms with E-state index in [2.05, 4.69) is 12.3 Å². The average molecular weight is 366 g/mol. The quantitative estimate of drug-likeness (QED) is 0.277. The van der Waals surface area contributed by atoms with Crippen molar-refractivity contribution in [1.29, 1.82) is 0 Å². The van der Waals surface area contributed by atoms with Gasteiger partial charge in [0.2, 0.25) is 0 Å². The molecule has 0 atom stereocenters. The van der Waals surface area contributed by atoms with Gasteiger partial charge in [0.05, 0.1) is 0 Å². The van der Waals surface area contributed by atoms with E-state index in [1.807, 2.05) is 0 Å². The molecule has 0 aliphatic carbocycles. The fourth-order valence-electron chi connectivity index (χ4n) is 3.25. The molecule has 2 nitrogen and oxygen atoms in total. The van der Waals surface area contributed by atoms with Crippen molar-refractivity contribution in [1.82, 2.24) is 5.43 Å². The topological polar surface area (TPSA) is 38.0 Å². The number of unbranched alkanes of at least 4 members (excludes halogenated alkanes) is 1. The first-order valence-corrected chi connectivity index (χ1v) is 9.47. The summed E-state index contributed by atoms with van der Waals surface area (Å²) in [5.41, 5.74) is 2.70. The molecule has 0 aliphatic rings. The molecular weight excluding hydrogens is 338 g/mol. The van der Waals surface area contributed by atoms with Crippen LogP contribution < -0.4 is 11.3 Å². The Bertz CT molecular complexity index is 227. The third kappa shape index (κ3) is 5.37. The van der Waals surface area contributed by atoms with Crippen molar-refractivity contribution in [3.63, 3.8) is 0 Å². The minimum Gasteiger partial charge on any atom is -0.271 e. The molecule has 0 rings (SSSR count). The molecule has 0 amide bonds. The summed E-state index contributed by atoms with van der Waals surface area (Å²) in [6.45, 7) is 2.19. The fourth-order valence-corrected chi connectivity index (χ4v) is 4.61. The molecule has 0 aromatic carbocycles. The summed E-state index contributed by atoms with van der Waals surface area (Å²) in [5, 5.41) is 0. The first kappa shape index (κ1) is 21.1. The molecule has 0 radical (unpaired) electrons. The Morgan fingerprint density at radius 1 is 0.800 bits per heavy atom. The van der Waals surface area contributed by atoms with Gasteiger partial charge in [0.1, 0.15) is 0 Å². The predicted octanol–water partition coefficient (Wildman–Crippen LogP) is 4.88. The van der Waals surface area contributed by atoms with Crippen LogP contribution in [0.2, 0.25) is 0 Å². The molecule has 0 fully saturated rings. The van der Waals surface area contributed by atoms with Crippen LogP contribution in [0.3, 0.4) is 0 Å². The highest BCUT2D eigenvalue weighted by atomic mass is 35.5. The number of hydrogen-bond acceptors (Lipinski definition) is 2. The monoisotopic (exact) mass is 364 g/mol. The number of nitrogens with one attached hydrogen (secondary N) is 1. The molecule has 0 bridgehead atoms. The van der Waals surface area contributed by atoms with Crippen LogP contribution in [0.5, 0.6) is 0 Å². The smallest absolute Gasteiger partial charge is 0.0401 e. The van der Waals surface area contributed by atoms with E-state index >= 15 is 0 Å².